The number of benzene rings is 4. The van der Waals surface area contributed by atoms with E-state index >= 15 is 0 Å². The molecule has 3 heterocycles. The zero-order valence-electron chi connectivity index (χ0n) is 28.2. The Balaban J connectivity index is 1.14. The normalized spacial score (nSPS) is 13.0. The number of aldehydes is 1. The van der Waals surface area contributed by atoms with Crippen LogP contribution in [0.4, 0.5) is 4.79 Å². The average Bonchev–Trinajstić information content (AvgIpc) is 3.91. The minimum atomic E-state index is -1.10. The van der Waals surface area contributed by atoms with Crippen LogP contribution in [-0.2, 0) is 45.0 Å². The summed E-state index contributed by atoms with van der Waals surface area (Å²) in [5.41, 5.74) is 5.97. The highest BCUT2D eigenvalue weighted by atomic mass is 16.5. The third-order valence-corrected chi connectivity index (χ3v) is 9.26. The lowest BCUT2D eigenvalue weighted by molar-refractivity contribution is -0.130. The smallest absolute Gasteiger partial charge is 0.408 e. The van der Waals surface area contributed by atoms with E-state index in [0.717, 1.165) is 55.0 Å². The molecule has 11 heteroatoms. The number of rotatable bonds is 14. The number of hydrogen-bond donors (Lipinski definition) is 6. The molecule has 0 aliphatic carbocycles. The number of alkyl carbamates (subject to hydrolysis) is 1. The third kappa shape index (κ3) is 7.73. The van der Waals surface area contributed by atoms with E-state index in [-0.39, 0.29) is 25.9 Å². The molecule has 0 aliphatic rings. The molecular weight excluding hydrogens is 656 g/mol. The van der Waals surface area contributed by atoms with Crippen LogP contribution >= 0.6 is 0 Å². The summed E-state index contributed by atoms with van der Waals surface area (Å²) >= 11 is 0. The number of nitrogens with one attached hydrogen (secondary N) is 6. The van der Waals surface area contributed by atoms with E-state index < -0.39 is 36.0 Å². The second-order valence-electron chi connectivity index (χ2n) is 12.8. The predicted octanol–water partition coefficient (Wildman–Crippen LogP) is 5.62. The van der Waals surface area contributed by atoms with Gasteiger partial charge in [0.05, 0.1) is 6.04 Å². The molecule has 11 nitrogen and oxygen atoms in total. The van der Waals surface area contributed by atoms with Crippen LogP contribution in [0, 0.1) is 0 Å². The number of hydrogen-bond acceptors (Lipinski definition) is 5. The monoisotopic (exact) mass is 694 g/mol. The lowest BCUT2D eigenvalue weighted by Gasteiger charge is -2.24. The Morgan fingerprint density at radius 1 is 0.558 bits per heavy atom. The minimum absolute atomic E-state index is 0.0171. The minimum Gasteiger partial charge on any atom is -0.445 e. The van der Waals surface area contributed by atoms with Crippen LogP contribution in [-0.4, -0.2) is 57.3 Å². The van der Waals surface area contributed by atoms with Crippen molar-refractivity contribution in [3.05, 3.63) is 144 Å². The van der Waals surface area contributed by atoms with Crippen molar-refractivity contribution in [1.82, 2.24) is 30.9 Å². The molecule has 7 rings (SSSR count). The topological polar surface area (TPSA) is 161 Å². The number of aromatic nitrogens is 3. The number of aromatic amines is 3. The van der Waals surface area contributed by atoms with Crippen molar-refractivity contribution in [2.45, 2.75) is 44.0 Å². The first-order valence-electron chi connectivity index (χ1n) is 17.1. The molecule has 0 fully saturated rings. The molecule has 3 atom stereocenters. The lowest BCUT2D eigenvalue weighted by atomic mass is 10.0. The Morgan fingerprint density at radius 2 is 1.00 bits per heavy atom. The Hall–Kier alpha value is -6.62. The number of fused-ring (bicyclic) bond motifs is 3. The number of H-pyrrole nitrogens is 3. The van der Waals surface area contributed by atoms with E-state index in [1.165, 1.54) is 0 Å². The predicted molar refractivity (Wildman–Crippen MR) is 199 cm³/mol. The SMILES string of the molecule is O=C[C@H](Cc1c[nH]c2ccccc12)NC(=O)[C@H](Cc1c[nH]c2ccccc12)NC(=O)[C@H](Cc1c[nH]c2ccccc12)NC(=O)OCc1ccccc1. The van der Waals surface area contributed by atoms with Crippen molar-refractivity contribution < 1.29 is 23.9 Å². The molecule has 0 saturated carbocycles. The molecule has 0 saturated heterocycles. The molecule has 7 aromatic rings. The molecule has 0 unspecified atom stereocenters. The summed E-state index contributed by atoms with van der Waals surface area (Å²) in [6.07, 6.45) is 5.87. The maximum Gasteiger partial charge on any atom is 0.408 e. The molecular formula is C41H38N6O5. The number of carbonyl (C=O) groups is 4. The van der Waals surface area contributed by atoms with Gasteiger partial charge in [-0.2, -0.15) is 0 Å². The van der Waals surface area contributed by atoms with E-state index in [9.17, 15) is 19.2 Å². The first kappa shape index (κ1) is 33.9. The van der Waals surface area contributed by atoms with Gasteiger partial charge in [0.15, 0.2) is 0 Å². The summed E-state index contributed by atoms with van der Waals surface area (Å²) in [6.45, 7) is 0.0171. The Bertz CT molecular complexity index is 2340. The van der Waals surface area contributed by atoms with Crippen LogP contribution in [0.1, 0.15) is 22.3 Å². The summed E-state index contributed by atoms with van der Waals surface area (Å²) in [5.74, 6) is -1.12. The van der Waals surface area contributed by atoms with Gasteiger partial charge in [0.1, 0.15) is 25.0 Å². The van der Waals surface area contributed by atoms with Crippen molar-refractivity contribution in [2.75, 3.05) is 0 Å². The molecule has 3 amide bonds. The molecule has 0 bridgehead atoms. The molecule has 3 aromatic heterocycles. The van der Waals surface area contributed by atoms with Gasteiger partial charge in [-0.1, -0.05) is 84.9 Å². The van der Waals surface area contributed by atoms with Gasteiger partial charge in [-0.05, 0) is 40.5 Å². The van der Waals surface area contributed by atoms with Crippen LogP contribution in [0.2, 0.25) is 0 Å². The first-order valence-corrected chi connectivity index (χ1v) is 17.1. The van der Waals surface area contributed by atoms with Gasteiger partial charge >= 0.3 is 6.09 Å². The van der Waals surface area contributed by atoms with Crippen molar-refractivity contribution in [3.63, 3.8) is 0 Å². The van der Waals surface area contributed by atoms with E-state index in [4.69, 9.17) is 4.74 Å². The Kier molecular flexibility index (Phi) is 10.1. The summed E-state index contributed by atoms with van der Waals surface area (Å²) in [7, 11) is 0. The first-order chi connectivity index (χ1) is 25.4. The second kappa shape index (κ2) is 15.5. The highest BCUT2D eigenvalue weighted by molar-refractivity contribution is 5.94. The van der Waals surface area contributed by atoms with Crippen molar-refractivity contribution in [3.8, 4) is 0 Å². The summed E-state index contributed by atoms with van der Waals surface area (Å²) in [5, 5.41) is 11.3. The molecule has 6 N–H and O–H groups in total. The molecule has 52 heavy (non-hydrogen) atoms. The summed E-state index contributed by atoms with van der Waals surface area (Å²) in [4.78, 5) is 63.4. The Labute approximate surface area is 299 Å². The maximum atomic E-state index is 14.2. The number of para-hydroxylation sites is 3. The average molecular weight is 695 g/mol. The highest BCUT2D eigenvalue weighted by Gasteiger charge is 2.30. The van der Waals surface area contributed by atoms with Crippen LogP contribution < -0.4 is 16.0 Å². The van der Waals surface area contributed by atoms with E-state index in [1.807, 2.05) is 116 Å². The zero-order chi connectivity index (χ0) is 35.9. The fraction of sp³-hybridized carbons (Fsp3) is 0.171. The van der Waals surface area contributed by atoms with Gasteiger partial charge in [-0.15, -0.1) is 0 Å². The molecule has 4 aromatic carbocycles. The van der Waals surface area contributed by atoms with Gasteiger partial charge in [0, 0.05) is 70.6 Å². The fourth-order valence-corrected chi connectivity index (χ4v) is 6.59. The van der Waals surface area contributed by atoms with Crippen molar-refractivity contribution in [1.29, 1.82) is 0 Å². The van der Waals surface area contributed by atoms with E-state index in [0.29, 0.717) is 6.29 Å². The van der Waals surface area contributed by atoms with Crippen LogP contribution in [0.3, 0.4) is 0 Å². The van der Waals surface area contributed by atoms with E-state index in [2.05, 4.69) is 30.9 Å². The number of amides is 3. The van der Waals surface area contributed by atoms with Gasteiger partial charge in [-0.3, -0.25) is 9.59 Å². The van der Waals surface area contributed by atoms with Crippen LogP contribution in [0.15, 0.2) is 122 Å². The maximum absolute atomic E-state index is 14.2. The van der Waals surface area contributed by atoms with Crippen molar-refractivity contribution >= 4 is 56.9 Å². The van der Waals surface area contributed by atoms with Crippen LogP contribution in [0.5, 0.6) is 0 Å². The molecule has 0 radical (unpaired) electrons. The quantitative estimate of drug-likeness (QED) is 0.0814. The summed E-state index contributed by atoms with van der Waals surface area (Å²) < 4.78 is 5.49. The largest absolute Gasteiger partial charge is 0.445 e. The van der Waals surface area contributed by atoms with Crippen LogP contribution in [0.25, 0.3) is 32.7 Å². The third-order valence-electron chi connectivity index (χ3n) is 9.26. The number of carbonyl (C=O) groups excluding carboxylic acids is 4. The molecule has 0 aliphatic heterocycles. The summed E-state index contributed by atoms with van der Waals surface area (Å²) in [6, 6.07) is 29.3. The molecule has 262 valence electrons. The lowest BCUT2D eigenvalue weighted by Crippen LogP contribution is -2.56. The van der Waals surface area contributed by atoms with Gasteiger partial charge in [0.2, 0.25) is 11.8 Å². The zero-order valence-corrected chi connectivity index (χ0v) is 28.2. The molecule has 0 spiro atoms. The van der Waals surface area contributed by atoms with E-state index in [1.54, 1.807) is 6.20 Å². The van der Waals surface area contributed by atoms with Crippen molar-refractivity contribution in [2.24, 2.45) is 0 Å². The standard InChI is InChI=1S/C41H38N6O5/c48-24-30(18-27-21-42-34-15-7-4-12-31(27)34)45-39(49)37(19-28-22-43-35-16-8-5-13-32(28)35)46-40(50)38(20-29-23-44-36-17-9-6-14-33(29)36)47-41(51)52-25-26-10-2-1-3-11-26/h1-17,21-24,30,37-38,42-44H,18-20,25H2,(H,45,49)(H,46,50)(H,47,51)/t30-,37-,38-/m0/s1. The Morgan fingerprint density at radius 3 is 1.52 bits per heavy atom. The fourth-order valence-electron chi connectivity index (χ4n) is 6.59. The van der Waals surface area contributed by atoms with Gasteiger partial charge < -0.3 is 40.4 Å². The highest BCUT2D eigenvalue weighted by Crippen LogP contribution is 2.22. The van der Waals surface area contributed by atoms with Gasteiger partial charge in [-0.25, -0.2) is 4.79 Å². The number of ether oxygens (including phenoxy) is 1. The second-order valence-corrected chi connectivity index (χ2v) is 12.8. The van der Waals surface area contributed by atoms with Gasteiger partial charge in [0.25, 0.3) is 0 Å².